The average Bonchev–Trinajstić information content (AvgIpc) is 2.86. The number of hydrogen-bond donors (Lipinski definition) is 2. The normalized spacial score (nSPS) is 28.4. The van der Waals surface area contributed by atoms with E-state index in [-0.39, 0.29) is 30.1 Å². The molecule has 31 heavy (non-hydrogen) atoms. The minimum atomic E-state index is -1.27. The fourth-order valence-corrected chi connectivity index (χ4v) is 4.54. The van der Waals surface area contributed by atoms with Crippen molar-refractivity contribution in [2.75, 3.05) is 32.3 Å². The van der Waals surface area contributed by atoms with E-state index in [4.69, 9.17) is 18.9 Å². The van der Waals surface area contributed by atoms with E-state index in [0.717, 1.165) is 17.7 Å². The molecule has 3 aliphatic rings. The topological polar surface area (TPSA) is 118 Å². The molecular weight excluding hydrogens is 408 g/mol. The summed E-state index contributed by atoms with van der Waals surface area (Å²) in [6.07, 6.45) is -0.498. The zero-order valence-electron chi connectivity index (χ0n) is 17.7. The third-order valence-electron chi connectivity index (χ3n) is 6.09. The summed E-state index contributed by atoms with van der Waals surface area (Å²) in [4.78, 5) is 28.6. The van der Waals surface area contributed by atoms with Crippen molar-refractivity contribution in [2.24, 2.45) is 0 Å². The fourth-order valence-electron chi connectivity index (χ4n) is 4.54. The van der Waals surface area contributed by atoms with Crippen LogP contribution in [0.4, 0.5) is 10.5 Å². The standard InChI is InChI=1S/C21H28N2O8/c1-28-16-10-13-14(11-17(16)29-2)23(21(26)27)20(31-18-5-3-4-8-30-18)15-9-12(24)6-7-22(15)19(13)25/h10-12,15,18,20,24H,3-9H2,1-2H3,(H,26,27)/t12-,15+,18?,20?/m1/s1. The van der Waals surface area contributed by atoms with E-state index in [2.05, 4.69) is 0 Å². The molecule has 2 unspecified atom stereocenters. The van der Waals surface area contributed by atoms with E-state index in [0.29, 0.717) is 30.9 Å². The Morgan fingerprint density at radius 3 is 2.55 bits per heavy atom. The number of aliphatic hydroxyl groups excluding tert-OH is 1. The molecule has 1 aromatic carbocycles. The molecule has 3 heterocycles. The monoisotopic (exact) mass is 436 g/mol. The molecule has 0 spiro atoms. The van der Waals surface area contributed by atoms with Crippen LogP contribution in [0.15, 0.2) is 12.1 Å². The van der Waals surface area contributed by atoms with Crippen molar-refractivity contribution in [2.45, 2.75) is 56.8 Å². The van der Waals surface area contributed by atoms with E-state index in [1.807, 2.05) is 0 Å². The number of anilines is 1. The Morgan fingerprint density at radius 2 is 1.90 bits per heavy atom. The van der Waals surface area contributed by atoms with E-state index in [1.165, 1.54) is 26.4 Å². The highest BCUT2D eigenvalue weighted by atomic mass is 16.7. The molecule has 2 saturated heterocycles. The molecule has 2 N–H and O–H groups in total. The molecule has 3 aliphatic heterocycles. The minimum absolute atomic E-state index is 0.153. The lowest BCUT2D eigenvalue weighted by Crippen LogP contribution is -2.59. The number of carbonyl (C=O) groups excluding carboxylic acids is 1. The summed E-state index contributed by atoms with van der Waals surface area (Å²) in [5.41, 5.74) is 0.331. The maximum atomic E-state index is 13.5. The van der Waals surface area contributed by atoms with Gasteiger partial charge >= 0.3 is 6.09 Å². The molecule has 2 fully saturated rings. The quantitative estimate of drug-likeness (QED) is 0.736. The van der Waals surface area contributed by atoms with Crippen LogP contribution in [0.2, 0.25) is 0 Å². The number of benzene rings is 1. The lowest BCUT2D eigenvalue weighted by atomic mass is 9.97. The van der Waals surface area contributed by atoms with Gasteiger partial charge in [0, 0.05) is 19.2 Å². The first-order valence-electron chi connectivity index (χ1n) is 10.5. The van der Waals surface area contributed by atoms with Gasteiger partial charge in [-0.3, -0.25) is 4.79 Å². The van der Waals surface area contributed by atoms with Crippen LogP contribution in [0.25, 0.3) is 0 Å². The summed E-state index contributed by atoms with van der Waals surface area (Å²) < 4.78 is 22.6. The second-order valence-corrected chi connectivity index (χ2v) is 7.94. The Morgan fingerprint density at radius 1 is 1.16 bits per heavy atom. The number of fused-ring (bicyclic) bond motifs is 2. The van der Waals surface area contributed by atoms with Gasteiger partial charge in [-0.05, 0) is 38.2 Å². The predicted octanol–water partition coefficient (Wildman–Crippen LogP) is 2.04. The summed E-state index contributed by atoms with van der Waals surface area (Å²) in [5, 5.41) is 20.5. The Kier molecular flexibility index (Phi) is 6.22. The highest BCUT2D eigenvalue weighted by molar-refractivity contribution is 6.05. The van der Waals surface area contributed by atoms with Crippen LogP contribution in [-0.4, -0.2) is 79.1 Å². The van der Waals surface area contributed by atoms with Crippen molar-refractivity contribution in [3.8, 4) is 11.5 Å². The van der Waals surface area contributed by atoms with Crippen LogP contribution in [-0.2, 0) is 9.47 Å². The molecule has 0 saturated carbocycles. The van der Waals surface area contributed by atoms with E-state index >= 15 is 0 Å². The summed E-state index contributed by atoms with van der Waals surface area (Å²) in [6.45, 7) is 0.819. The number of methoxy groups -OCH3 is 2. The molecule has 4 rings (SSSR count). The van der Waals surface area contributed by atoms with Gasteiger partial charge < -0.3 is 34.1 Å². The number of ether oxygens (including phenoxy) is 4. The molecule has 0 aromatic heterocycles. The van der Waals surface area contributed by atoms with Crippen LogP contribution in [0.5, 0.6) is 11.5 Å². The molecule has 0 bridgehead atoms. The van der Waals surface area contributed by atoms with Gasteiger partial charge in [0.05, 0.1) is 37.6 Å². The van der Waals surface area contributed by atoms with Crippen molar-refractivity contribution in [3.05, 3.63) is 17.7 Å². The van der Waals surface area contributed by atoms with Crippen molar-refractivity contribution in [3.63, 3.8) is 0 Å². The van der Waals surface area contributed by atoms with Crippen LogP contribution in [0.3, 0.4) is 0 Å². The predicted molar refractivity (Wildman–Crippen MR) is 109 cm³/mol. The number of nitrogens with zero attached hydrogens (tertiary/aromatic N) is 2. The zero-order valence-corrected chi connectivity index (χ0v) is 17.7. The number of carboxylic acid groups (broad SMARTS) is 1. The molecule has 0 radical (unpaired) electrons. The molecule has 170 valence electrons. The van der Waals surface area contributed by atoms with Gasteiger partial charge in [-0.1, -0.05) is 0 Å². The Balaban J connectivity index is 1.85. The van der Waals surface area contributed by atoms with Gasteiger partial charge in [-0.25, -0.2) is 9.69 Å². The molecular formula is C21H28N2O8. The van der Waals surface area contributed by atoms with Gasteiger partial charge in [0.25, 0.3) is 5.91 Å². The molecule has 2 amide bonds. The first-order valence-corrected chi connectivity index (χ1v) is 10.5. The number of rotatable bonds is 4. The van der Waals surface area contributed by atoms with E-state index < -0.39 is 30.8 Å². The summed E-state index contributed by atoms with van der Waals surface area (Å²) >= 11 is 0. The fraction of sp³-hybridized carbons (Fsp3) is 0.619. The van der Waals surface area contributed by atoms with Crippen molar-refractivity contribution in [1.29, 1.82) is 0 Å². The summed E-state index contributed by atoms with van der Waals surface area (Å²) in [5.74, 6) is 0.283. The van der Waals surface area contributed by atoms with Gasteiger partial charge in [-0.15, -0.1) is 0 Å². The number of aliphatic hydroxyl groups is 1. The molecule has 4 atom stereocenters. The summed E-state index contributed by atoms with van der Waals surface area (Å²) in [7, 11) is 2.89. The maximum Gasteiger partial charge on any atom is 0.414 e. The van der Waals surface area contributed by atoms with Gasteiger partial charge in [-0.2, -0.15) is 0 Å². The molecule has 10 heteroatoms. The van der Waals surface area contributed by atoms with Crippen LogP contribution >= 0.6 is 0 Å². The summed E-state index contributed by atoms with van der Waals surface area (Å²) in [6, 6.07) is 2.31. The number of carbonyl (C=O) groups is 2. The average molecular weight is 436 g/mol. The highest BCUT2D eigenvalue weighted by Crippen LogP contribution is 2.41. The maximum absolute atomic E-state index is 13.5. The van der Waals surface area contributed by atoms with Crippen LogP contribution in [0.1, 0.15) is 42.5 Å². The largest absolute Gasteiger partial charge is 0.493 e. The van der Waals surface area contributed by atoms with Crippen LogP contribution in [0, 0.1) is 0 Å². The lowest BCUT2D eigenvalue weighted by Gasteiger charge is -2.43. The number of piperidine rings is 1. The highest BCUT2D eigenvalue weighted by Gasteiger charge is 2.47. The first-order chi connectivity index (χ1) is 14.9. The molecule has 10 nitrogen and oxygen atoms in total. The molecule has 1 aromatic rings. The third kappa shape index (κ3) is 4.02. The third-order valence-corrected chi connectivity index (χ3v) is 6.09. The lowest BCUT2D eigenvalue weighted by molar-refractivity contribution is -0.200. The smallest absolute Gasteiger partial charge is 0.414 e. The number of hydrogen-bond acceptors (Lipinski definition) is 7. The molecule has 0 aliphatic carbocycles. The SMILES string of the molecule is COc1cc2c(cc1OC)N(C(=O)O)C(OC1CCCCO1)[C@@H]1C[C@H](O)CCN1C2=O. The Bertz CT molecular complexity index is 841. The Hall–Kier alpha value is -2.56. The second kappa shape index (κ2) is 8.89. The first kappa shape index (κ1) is 21.7. The van der Waals surface area contributed by atoms with E-state index in [9.17, 15) is 19.8 Å². The van der Waals surface area contributed by atoms with Gasteiger partial charge in [0.1, 0.15) is 0 Å². The van der Waals surface area contributed by atoms with Gasteiger partial charge in [0.15, 0.2) is 24.0 Å². The zero-order chi connectivity index (χ0) is 22.1. The van der Waals surface area contributed by atoms with Crippen molar-refractivity contribution < 1.29 is 38.7 Å². The Labute approximate surface area is 180 Å². The van der Waals surface area contributed by atoms with Crippen LogP contribution < -0.4 is 14.4 Å². The van der Waals surface area contributed by atoms with E-state index in [1.54, 1.807) is 4.90 Å². The second-order valence-electron chi connectivity index (χ2n) is 7.94. The van der Waals surface area contributed by atoms with Crippen molar-refractivity contribution in [1.82, 2.24) is 4.90 Å². The minimum Gasteiger partial charge on any atom is -0.493 e. The number of amides is 2. The van der Waals surface area contributed by atoms with Crippen molar-refractivity contribution >= 4 is 17.7 Å². The van der Waals surface area contributed by atoms with Gasteiger partial charge in [0.2, 0.25) is 0 Å².